The minimum Gasteiger partial charge on any atom is -0.481 e. The largest absolute Gasteiger partial charge is 0.481 e. The number of carbonyl (C=O) groups is 2. The molecule has 0 saturated carbocycles. The van der Waals surface area contributed by atoms with E-state index in [-0.39, 0.29) is 24.8 Å². The molecule has 1 fully saturated rings. The van der Waals surface area contributed by atoms with Crippen LogP contribution in [-0.2, 0) is 32.8 Å². The van der Waals surface area contributed by atoms with Crippen LogP contribution in [0.4, 0.5) is 0 Å². The van der Waals surface area contributed by atoms with Gasteiger partial charge >= 0.3 is 5.97 Å². The van der Waals surface area contributed by atoms with Gasteiger partial charge in [-0.05, 0) is 45.0 Å². The second-order valence-electron chi connectivity index (χ2n) is 9.32. The number of ether oxygens (including phenoxy) is 2. The first-order valence-electron chi connectivity index (χ1n) is 10.8. The molecule has 6 atom stereocenters. The SMILES string of the molecule is CC(=O)[C@H](O)[C@@H](O)C(=O)OC1=CC[C@@]2(O)[C@H]3Cc4ccc(CO)c5c4C2(CCN3C)C1O5. The van der Waals surface area contributed by atoms with E-state index in [9.17, 15) is 30.0 Å². The first-order valence-corrected chi connectivity index (χ1v) is 10.8. The molecule has 0 aromatic heterocycles. The predicted octanol–water partition coefficient (Wildman–Crippen LogP) is -0.689. The highest BCUT2D eigenvalue weighted by molar-refractivity contribution is 5.88. The molecule has 9 heteroatoms. The Labute approximate surface area is 184 Å². The van der Waals surface area contributed by atoms with E-state index in [4.69, 9.17) is 9.47 Å². The molecule has 2 bridgehead atoms. The second kappa shape index (κ2) is 7.10. The molecule has 172 valence electrons. The van der Waals surface area contributed by atoms with Crippen molar-refractivity contribution in [3.05, 3.63) is 40.7 Å². The van der Waals surface area contributed by atoms with Gasteiger partial charge in [-0.25, -0.2) is 4.79 Å². The number of aliphatic hydroxyl groups is 4. The van der Waals surface area contributed by atoms with Gasteiger partial charge in [0.25, 0.3) is 0 Å². The van der Waals surface area contributed by atoms with E-state index >= 15 is 0 Å². The van der Waals surface area contributed by atoms with Gasteiger partial charge < -0.3 is 34.8 Å². The number of rotatable bonds is 5. The van der Waals surface area contributed by atoms with Crippen LogP contribution in [-0.4, -0.2) is 80.6 Å². The van der Waals surface area contributed by atoms with Gasteiger partial charge in [-0.2, -0.15) is 0 Å². The van der Waals surface area contributed by atoms with Crippen LogP contribution in [0.25, 0.3) is 0 Å². The Morgan fingerprint density at radius 1 is 1.31 bits per heavy atom. The van der Waals surface area contributed by atoms with E-state index in [1.54, 1.807) is 6.08 Å². The Bertz CT molecular complexity index is 1040. The number of esters is 1. The van der Waals surface area contributed by atoms with Crippen molar-refractivity contribution in [1.29, 1.82) is 0 Å². The number of aliphatic hydroxyl groups excluding tert-OH is 3. The molecule has 0 radical (unpaired) electrons. The molecule has 32 heavy (non-hydrogen) atoms. The highest BCUT2D eigenvalue weighted by Crippen LogP contribution is 2.64. The third kappa shape index (κ3) is 2.57. The average molecular weight is 445 g/mol. The number of piperidine rings is 1. The van der Waals surface area contributed by atoms with Crippen molar-refractivity contribution in [2.75, 3.05) is 13.6 Å². The lowest BCUT2D eigenvalue weighted by Gasteiger charge is -2.61. The number of likely N-dealkylation sites (tertiary alicyclic amines) is 1. The Morgan fingerprint density at radius 2 is 2.06 bits per heavy atom. The van der Waals surface area contributed by atoms with Crippen LogP contribution in [0.3, 0.4) is 0 Å². The number of Topliss-reactive ketones (excluding diaryl/α,β-unsaturated/α-hetero) is 1. The van der Waals surface area contributed by atoms with Gasteiger partial charge in [0.15, 0.2) is 18.0 Å². The van der Waals surface area contributed by atoms with Crippen LogP contribution < -0.4 is 4.74 Å². The van der Waals surface area contributed by atoms with Crippen LogP contribution >= 0.6 is 0 Å². The van der Waals surface area contributed by atoms with E-state index in [1.807, 2.05) is 19.2 Å². The average Bonchev–Trinajstić information content (AvgIpc) is 3.12. The van der Waals surface area contributed by atoms with Gasteiger partial charge in [-0.1, -0.05) is 12.1 Å². The molecule has 1 aromatic rings. The zero-order valence-electron chi connectivity index (χ0n) is 17.9. The zero-order valence-corrected chi connectivity index (χ0v) is 17.9. The van der Waals surface area contributed by atoms with Crippen LogP contribution in [0.2, 0.25) is 0 Å². The first kappa shape index (κ1) is 21.5. The maximum atomic E-state index is 12.5. The zero-order chi connectivity index (χ0) is 23.0. The van der Waals surface area contributed by atoms with E-state index in [1.165, 1.54) is 0 Å². The van der Waals surface area contributed by atoms with Gasteiger partial charge in [0.1, 0.15) is 17.6 Å². The van der Waals surface area contributed by atoms with Gasteiger partial charge in [0.2, 0.25) is 0 Å². The molecule has 4 aliphatic rings. The topological polar surface area (TPSA) is 137 Å². The van der Waals surface area contributed by atoms with E-state index < -0.39 is 41.1 Å². The third-order valence-corrected chi connectivity index (χ3v) is 7.80. The summed E-state index contributed by atoms with van der Waals surface area (Å²) in [5.41, 5.74) is 0.411. The molecule has 1 saturated heterocycles. The van der Waals surface area contributed by atoms with Crippen molar-refractivity contribution in [2.45, 2.75) is 68.2 Å². The predicted molar refractivity (Wildman–Crippen MR) is 110 cm³/mol. The number of ketones is 1. The fourth-order valence-electron chi connectivity index (χ4n) is 6.16. The maximum absolute atomic E-state index is 12.5. The lowest BCUT2D eigenvalue weighted by molar-refractivity contribution is -0.175. The van der Waals surface area contributed by atoms with Crippen LogP contribution in [0.1, 0.15) is 36.5 Å². The molecule has 9 nitrogen and oxygen atoms in total. The number of hydrogen-bond donors (Lipinski definition) is 4. The monoisotopic (exact) mass is 445 g/mol. The molecule has 1 spiro atoms. The highest BCUT2D eigenvalue weighted by atomic mass is 16.6. The molecule has 2 aliphatic heterocycles. The van der Waals surface area contributed by atoms with Gasteiger partial charge in [0, 0.05) is 23.6 Å². The summed E-state index contributed by atoms with van der Waals surface area (Å²) in [6.45, 7) is 1.52. The highest BCUT2D eigenvalue weighted by Gasteiger charge is 2.71. The normalized spacial score (nSPS) is 34.1. The maximum Gasteiger partial charge on any atom is 0.343 e. The molecule has 0 amide bonds. The molecule has 1 aromatic carbocycles. The fourth-order valence-corrected chi connectivity index (χ4v) is 6.16. The Balaban J connectivity index is 1.60. The quantitative estimate of drug-likeness (QED) is 0.434. The van der Waals surface area contributed by atoms with E-state index in [0.29, 0.717) is 30.7 Å². The minimum absolute atomic E-state index is 0.130. The molecule has 5 rings (SSSR count). The van der Waals surface area contributed by atoms with Gasteiger partial charge in [-0.3, -0.25) is 4.79 Å². The standard InChI is InChI=1S/C23H27NO8/c1-11(26)17(27)18(28)21(29)31-14-5-6-23(30)15-9-12-3-4-13(10-25)19-16(12)22(23,20(14)32-19)7-8-24(15)2/h3-5,15,17-18,20,25,27-28,30H,6-10H2,1-2H3/t15-,17+,18-,20?,22?,23-/m1/s1. The molecular formula is C23H27NO8. The van der Waals surface area contributed by atoms with Crippen LogP contribution in [0.15, 0.2) is 24.0 Å². The Kier molecular flexibility index (Phi) is 4.78. The molecule has 2 unspecified atom stereocenters. The van der Waals surface area contributed by atoms with Crippen LogP contribution in [0.5, 0.6) is 5.75 Å². The number of benzene rings is 1. The summed E-state index contributed by atoms with van der Waals surface area (Å²) < 4.78 is 11.8. The van der Waals surface area contributed by atoms with Gasteiger partial charge in [0.05, 0.1) is 17.6 Å². The summed E-state index contributed by atoms with van der Waals surface area (Å²) in [5, 5.41) is 41.8. The van der Waals surface area contributed by atoms with Crippen LogP contribution in [0, 0.1) is 0 Å². The molecule has 4 N–H and O–H groups in total. The van der Waals surface area contributed by atoms with Crippen molar-refractivity contribution in [3.63, 3.8) is 0 Å². The lowest BCUT2D eigenvalue weighted by Crippen LogP contribution is -2.74. The summed E-state index contributed by atoms with van der Waals surface area (Å²) in [6, 6.07) is 3.60. The fraction of sp³-hybridized carbons (Fsp3) is 0.565. The first-order chi connectivity index (χ1) is 15.2. The summed E-state index contributed by atoms with van der Waals surface area (Å²) in [6.07, 6.45) is -1.79. The number of nitrogens with zero attached hydrogens (tertiary/aromatic N) is 1. The molecule has 2 aliphatic carbocycles. The molecular weight excluding hydrogens is 418 g/mol. The van der Waals surface area contributed by atoms with E-state index in [0.717, 1.165) is 18.1 Å². The number of likely N-dealkylation sites (N-methyl/N-ethyl adjacent to an activating group) is 1. The number of carbonyl (C=O) groups excluding carboxylic acids is 2. The van der Waals surface area contributed by atoms with E-state index in [2.05, 4.69) is 4.90 Å². The minimum atomic E-state index is -2.03. The number of hydrogen-bond acceptors (Lipinski definition) is 9. The second-order valence-corrected chi connectivity index (χ2v) is 9.32. The van der Waals surface area contributed by atoms with Gasteiger partial charge in [-0.15, -0.1) is 0 Å². The smallest absolute Gasteiger partial charge is 0.343 e. The molecule has 2 heterocycles. The van der Waals surface area contributed by atoms with Crippen molar-refractivity contribution in [2.24, 2.45) is 0 Å². The van der Waals surface area contributed by atoms with Crippen molar-refractivity contribution in [3.8, 4) is 5.75 Å². The Hall–Kier alpha value is -2.30. The summed E-state index contributed by atoms with van der Waals surface area (Å²) in [5.74, 6) is -1.29. The van der Waals surface area contributed by atoms with Crippen molar-refractivity contribution < 1.29 is 39.5 Å². The third-order valence-electron chi connectivity index (χ3n) is 7.80. The summed E-state index contributed by atoms with van der Waals surface area (Å²) in [4.78, 5) is 26.0. The Morgan fingerprint density at radius 3 is 2.75 bits per heavy atom. The van der Waals surface area contributed by atoms with Crippen molar-refractivity contribution >= 4 is 11.8 Å². The summed E-state index contributed by atoms with van der Waals surface area (Å²) in [7, 11) is 1.98. The van der Waals surface area contributed by atoms with Crippen molar-refractivity contribution in [1.82, 2.24) is 4.90 Å². The summed E-state index contributed by atoms with van der Waals surface area (Å²) >= 11 is 0. The lowest BCUT2D eigenvalue weighted by atomic mass is 9.50.